The van der Waals surface area contributed by atoms with Gasteiger partial charge in [-0.2, -0.15) is 0 Å². The second kappa shape index (κ2) is 4.33. The molecule has 1 heterocycles. The van der Waals surface area contributed by atoms with Crippen molar-refractivity contribution in [2.75, 3.05) is 13.2 Å². The summed E-state index contributed by atoms with van der Waals surface area (Å²) in [6.45, 7) is 7.28. The first-order valence-electron chi connectivity index (χ1n) is 4.77. The summed E-state index contributed by atoms with van der Waals surface area (Å²) in [6, 6.07) is 0. The van der Waals surface area contributed by atoms with Crippen LogP contribution >= 0.6 is 0 Å². The molecule has 15 heavy (non-hydrogen) atoms. The van der Waals surface area contributed by atoms with E-state index in [1.165, 1.54) is 0 Å². The van der Waals surface area contributed by atoms with E-state index < -0.39 is 17.6 Å². The van der Waals surface area contributed by atoms with Gasteiger partial charge in [-0.3, -0.25) is 0 Å². The van der Waals surface area contributed by atoms with Crippen molar-refractivity contribution in [1.29, 1.82) is 0 Å². The molecule has 5 nitrogen and oxygen atoms in total. The van der Waals surface area contributed by atoms with Crippen LogP contribution in [0.25, 0.3) is 0 Å². The summed E-state index contributed by atoms with van der Waals surface area (Å²) in [4.78, 5) is 22.1. The highest BCUT2D eigenvalue weighted by Crippen LogP contribution is 2.17. The molecule has 1 N–H and O–H groups in total. The van der Waals surface area contributed by atoms with E-state index in [0.717, 1.165) is 0 Å². The van der Waals surface area contributed by atoms with E-state index in [2.05, 4.69) is 11.9 Å². The SMILES string of the molecule is C=C(C)C(=O)OCC1(CC)COC(=O)N1. The van der Waals surface area contributed by atoms with Crippen LogP contribution in [0.4, 0.5) is 4.79 Å². The summed E-state index contributed by atoms with van der Waals surface area (Å²) in [5.41, 5.74) is -0.242. The van der Waals surface area contributed by atoms with Gasteiger partial charge >= 0.3 is 12.1 Å². The number of amides is 1. The first-order chi connectivity index (χ1) is 6.99. The average molecular weight is 213 g/mol. The maximum atomic E-state index is 11.2. The monoisotopic (exact) mass is 213 g/mol. The van der Waals surface area contributed by atoms with Gasteiger partial charge in [-0.25, -0.2) is 9.59 Å². The second-order valence-corrected chi connectivity index (χ2v) is 3.69. The molecule has 0 aromatic carbocycles. The van der Waals surface area contributed by atoms with Crippen molar-refractivity contribution in [1.82, 2.24) is 5.32 Å². The van der Waals surface area contributed by atoms with Gasteiger partial charge in [0, 0.05) is 5.57 Å². The third-order valence-corrected chi connectivity index (χ3v) is 2.35. The zero-order valence-electron chi connectivity index (χ0n) is 8.96. The van der Waals surface area contributed by atoms with Crippen molar-refractivity contribution in [2.45, 2.75) is 25.8 Å². The summed E-state index contributed by atoms with van der Waals surface area (Å²) >= 11 is 0. The fourth-order valence-corrected chi connectivity index (χ4v) is 1.19. The molecule has 1 atom stereocenters. The molecule has 0 bridgehead atoms. The molecule has 0 saturated carbocycles. The molecule has 0 radical (unpaired) electrons. The van der Waals surface area contributed by atoms with Crippen molar-refractivity contribution in [3.63, 3.8) is 0 Å². The van der Waals surface area contributed by atoms with Crippen LogP contribution in [0, 0.1) is 0 Å². The zero-order valence-corrected chi connectivity index (χ0v) is 8.96. The van der Waals surface area contributed by atoms with Gasteiger partial charge in [-0.05, 0) is 13.3 Å². The lowest BCUT2D eigenvalue weighted by atomic mass is 10.00. The molecule has 0 spiro atoms. The first-order valence-corrected chi connectivity index (χ1v) is 4.77. The van der Waals surface area contributed by atoms with E-state index in [0.29, 0.717) is 12.0 Å². The lowest BCUT2D eigenvalue weighted by Gasteiger charge is -2.23. The summed E-state index contributed by atoms with van der Waals surface area (Å²) < 4.78 is 9.79. The van der Waals surface area contributed by atoms with Gasteiger partial charge in [-0.1, -0.05) is 13.5 Å². The molecule has 1 aliphatic heterocycles. The van der Waals surface area contributed by atoms with Gasteiger partial charge in [0.2, 0.25) is 0 Å². The fourth-order valence-electron chi connectivity index (χ4n) is 1.19. The molecule has 1 saturated heterocycles. The Bertz CT molecular complexity index is 300. The number of nitrogens with one attached hydrogen (secondary N) is 1. The predicted octanol–water partition coefficient (Wildman–Crippen LogP) is 0.994. The minimum Gasteiger partial charge on any atom is -0.460 e. The highest BCUT2D eigenvalue weighted by molar-refractivity contribution is 5.87. The maximum Gasteiger partial charge on any atom is 0.407 e. The number of hydrogen-bond donors (Lipinski definition) is 1. The van der Waals surface area contributed by atoms with Crippen LogP contribution in [-0.2, 0) is 14.3 Å². The smallest absolute Gasteiger partial charge is 0.407 e. The third kappa shape index (κ3) is 2.71. The largest absolute Gasteiger partial charge is 0.460 e. The first kappa shape index (κ1) is 11.6. The highest BCUT2D eigenvalue weighted by Gasteiger charge is 2.39. The Hall–Kier alpha value is -1.52. The zero-order chi connectivity index (χ0) is 11.5. The summed E-state index contributed by atoms with van der Waals surface area (Å²) in [5.74, 6) is -0.455. The number of rotatable bonds is 4. The highest BCUT2D eigenvalue weighted by atomic mass is 16.6. The fraction of sp³-hybridized carbons (Fsp3) is 0.600. The second-order valence-electron chi connectivity index (χ2n) is 3.69. The molecule has 1 amide bonds. The molecular formula is C10H15NO4. The van der Waals surface area contributed by atoms with E-state index in [1.807, 2.05) is 6.92 Å². The number of cyclic esters (lactones) is 1. The van der Waals surface area contributed by atoms with Gasteiger partial charge in [0.15, 0.2) is 0 Å². The summed E-state index contributed by atoms with van der Waals surface area (Å²) in [5, 5.41) is 2.64. The summed E-state index contributed by atoms with van der Waals surface area (Å²) in [7, 11) is 0. The number of esters is 1. The number of alkyl carbamates (subject to hydrolysis) is 1. The lowest BCUT2D eigenvalue weighted by molar-refractivity contribution is -0.141. The Balaban J connectivity index is 2.51. The number of ether oxygens (including phenoxy) is 2. The van der Waals surface area contributed by atoms with Crippen LogP contribution in [0.1, 0.15) is 20.3 Å². The van der Waals surface area contributed by atoms with E-state index in [4.69, 9.17) is 9.47 Å². The predicted molar refractivity (Wildman–Crippen MR) is 53.3 cm³/mol. The summed E-state index contributed by atoms with van der Waals surface area (Å²) in [6.07, 6.45) is 0.172. The Morgan fingerprint density at radius 3 is 2.80 bits per heavy atom. The Kier molecular flexibility index (Phi) is 3.34. The number of hydrogen-bond acceptors (Lipinski definition) is 4. The molecule has 1 unspecified atom stereocenters. The molecule has 84 valence electrons. The molecule has 1 fully saturated rings. The Morgan fingerprint density at radius 1 is 1.73 bits per heavy atom. The minimum absolute atomic E-state index is 0.112. The van der Waals surface area contributed by atoms with Crippen LogP contribution < -0.4 is 5.32 Å². The molecule has 0 aromatic heterocycles. The van der Waals surface area contributed by atoms with E-state index >= 15 is 0 Å². The van der Waals surface area contributed by atoms with Gasteiger partial charge in [0.25, 0.3) is 0 Å². The Morgan fingerprint density at radius 2 is 2.40 bits per heavy atom. The van der Waals surface area contributed by atoms with Crippen LogP contribution in [0.3, 0.4) is 0 Å². The molecule has 1 rings (SSSR count). The van der Waals surface area contributed by atoms with Crippen molar-refractivity contribution >= 4 is 12.1 Å². The topological polar surface area (TPSA) is 64.6 Å². The van der Waals surface area contributed by atoms with E-state index in [-0.39, 0.29) is 13.2 Å². The molecule has 5 heteroatoms. The average Bonchev–Trinajstić information content (AvgIpc) is 2.57. The molecular weight excluding hydrogens is 198 g/mol. The third-order valence-electron chi connectivity index (χ3n) is 2.35. The standard InChI is InChI=1S/C10H15NO4/c1-4-10(6-15-9(13)11-10)5-14-8(12)7(2)3/h2,4-6H2,1,3H3,(H,11,13). The number of carbonyl (C=O) groups is 2. The maximum absolute atomic E-state index is 11.2. The Labute approximate surface area is 88.4 Å². The van der Waals surface area contributed by atoms with Gasteiger partial charge in [0.05, 0.1) is 0 Å². The van der Waals surface area contributed by atoms with Crippen LogP contribution in [-0.4, -0.2) is 30.8 Å². The van der Waals surface area contributed by atoms with E-state index in [1.54, 1.807) is 6.92 Å². The van der Waals surface area contributed by atoms with Crippen molar-refractivity contribution < 1.29 is 19.1 Å². The molecule has 1 aliphatic rings. The molecule has 0 aromatic rings. The van der Waals surface area contributed by atoms with Crippen molar-refractivity contribution in [2.24, 2.45) is 0 Å². The van der Waals surface area contributed by atoms with Gasteiger partial charge in [-0.15, -0.1) is 0 Å². The quantitative estimate of drug-likeness (QED) is 0.558. The van der Waals surface area contributed by atoms with Crippen LogP contribution in [0.2, 0.25) is 0 Å². The van der Waals surface area contributed by atoms with Crippen LogP contribution in [0.5, 0.6) is 0 Å². The minimum atomic E-state index is -0.581. The van der Waals surface area contributed by atoms with Gasteiger partial charge in [0.1, 0.15) is 18.8 Å². The lowest BCUT2D eigenvalue weighted by Crippen LogP contribution is -2.47. The van der Waals surface area contributed by atoms with Crippen molar-refractivity contribution in [3.8, 4) is 0 Å². The molecule has 0 aliphatic carbocycles. The van der Waals surface area contributed by atoms with E-state index in [9.17, 15) is 9.59 Å². The van der Waals surface area contributed by atoms with Crippen LogP contribution in [0.15, 0.2) is 12.2 Å². The van der Waals surface area contributed by atoms with Gasteiger partial charge < -0.3 is 14.8 Å². The normalized spacial score (nSPS) is 24.3. The van der Waals surface area contributed by atoms with Crippen molar-refractivity contribution in [3.05, 3.63) is 12.2 Å². The number of carbonyl (C=O) groups excluding carboxylic acids is 2.